The predicted octanol–water partition coefficient (Wildman–Crippen LogP) is 0.887. The topological polar surface area (TPSA) is 71.1 Å². The fourth-order valence-electron chi connectivity index (χ4n) is 1.32. The third-order valence-corrected chi connectivity index (χ3v) is 3.57. The van der Waals surface area contributed by atoms with Crippen LogP contribution < -0.4 is 10.0 Å². The molecule has 0 aliphatic carbocycles. The van der Waals surface area contributed by atoms with Crippen molar-refractivity contribution < 1.29 is 12.8 Å². The molecule has 0 fully saturated rings. The maximum atomic E-state index is 13.3. The van der Waals surface area contributed by atoms with E-state index in [0.29, 0.717) is 19.0 Å². The highest BCUT2D eigenvalue weighted by atomic mass is 32.2. The summed E-state index contributed by atoms with van der Waals surface area (Å²) >= 11 is 0. The molecule has 0 saturated carbocycles. The molecule has 1 heterocycles. The summed E-state index contributed by atoms with van der Waals surface area (Å²) < 4.78 is 39.0. The molecule has 1 rings (SSSR count). The molecule has 2 N–H and O–H groups in total. The molecule has 0 aliphatic heterocycles. The third-order valence-electron chi connectivity index (χ3n) is 2.18. The van der Waals surface area contributed by atoms with Gasteiger partial charge in [-0.25, -0.2) is 22.5 Å². The Hall–Kier alpha value is -1.05. The lowest BCUT2D eigenvalue weighted by Gasteiger charge is -2.09. The first kappa shape index (κ1) is 15.0. The number of hydrogen-bond acceptors (Lipinski definition) is 4. The van der Waals surface area contributed by atoms with E-state index >= 15 is 0 Å². The Bertz CT molecular complexity index is 477. The second-order valence-electron chi connectivity index (χ2n) is 4.15. The second kappa shape index (κ2) is 6.77. The summed E-state index contributed by atoms with van der Waals surface area (Å²) in [6.07, 6.45) is 1.88. The van der Waals surface area contributed by atoms with E-state index in [-0.39, 0.29) is 6.54 Å². The molecule has 0 aromatic carbocycles. The average Bonchev–Trinajstić information content (AvgIpc) is 2.28. The van der Waals surface area contributed by atoms with Gasteiger partial charge in [-0.3, -0.25) is 0 Å². The van der Waals surface area contributed by atoms with E-state index in [4.69, 9.17) is 0 Å². The van der Waals surface area contributed by atoms with Crippen LogP contribution in [-0.2, 0) is 10.0 Å². The Kier molecular flexibility index (Phi) is 5.64. The largest absolute Gasteiger partial charge is 0.314 e. The van der Waals surface area contributed by atoms with Crippen LogP contribution >= 0.6 is 0 Å². The third kappa shape index (κ3) is 4.67. The van der Waals surface area contributed by atoms with Gasteiger partial charge in [0.1, 0.15) is 0 Å². The molecule has 0 unspecified atom stereocenters. The molecule has 0 aliphatic rings. The van der Waals surface area contributed by atoms with Gasteiger partial charge in [0.15, 0.2) is 5.82 Å². The normalized spacial score (nSPS) is 12.0. The first-order chi connectivity index (χ1) is 8.43. The lowest BCUT2D eigenvalue weighted by Crippen LogP contribution is -2.30. The molecule has 7 heteroatoms. The van der Waals surface area contributed by atoms with E-state index < -0.39 is 20.9 Å². The lowest BCUT2D eigenvalue weighted by atomic mass is 10.3. The van der Waals surface area contributed by atoms with Crippen LogP contribution in [0.25, 0.3) is 0 Å². The van der Waals surface area contributed by atoms with Gasteiger partial charge < -0.3 is 5.32 Å². The molecule has 1 aromatic rings. The zero-order chi connectivity index (χ0) is 13.6. The quantitative estimate of drug-likeness (QED) is 0.725. The summed E-state index contributed by atoms with van der Waals surface area (Å²) in [4.78, 5) is 3.54. The Balaban J connectivity index is 2.49. The summed E-state index contributed by atoms with van der Waals surface area (Å²) in [5, 5.41) is 2.60. The first-order valence-electron chi connectivity index (χ1n) is 5.77. The minimum absolute atomic E-state index is 0.248. The number of pyridine rings is 1. The fourth-order valence-corrected chi connectivity index (χ4v) is 2.40. The standard InChI is InChI=1S/C11H18FN3O2S/c1-9(2)13-7-4-8-15-18(16,17)11-10(12)5-3-6-14-11/h3,5-6,9,13,15H,4,7-8H2,1-2H3. The number of aromatic nitrogens is 1. The van der Waals surface area contributed by atoms with Crippen LogP contribution in [0.5, 0.6) is 0 Å². The molecule has 5 nitrogen and oxygen atoms in total. The highest BCUT2D eigenvalue weighted by molar-refractivity contribution is 7.89. The lowest BCUT2D eigenvalue weighted by molar-refractivity contribution is 0.536. The molecule has 102 valence electrons. The van der Waals surface area contributed by atoms with Gasteiger partial charge in [-0.1, -0.05) is 13.8 Å². The predicted molar refractivity (Wildman–Crippen MR) is 67.1 cm³/mol. The maximum Gasteiger partial charge on any atom is 0.261 e. The molecule has 0 bridgehead atoms. The van der Waals surface area contributed by atoms with Crippen LogP contribution in [0, 0.1) is 5.82 Å². The van der Waals surface area contributed by atoms with Crippen molar-refractivity contribution in [2.75, 3.05) is 13.1 Å². The van der Waals surface area contributed by atoms with Crippen molar-refractivity contribution in [2.24, 2.45) is 0 Å². The molecule has 0 radical (unpaired) electrons. The van der Waals surface area contributed by atoms with E-state index in [1.165, 1.54) is 12.3 Å². The van der Waals surface area contributed by atoms with Crippen molar-refractivity contribution >= 4 is 10.0 Å². The summed E-state index contributed by atoms with van der Waals surface area (Å²) in [5.74, 6) is -0.842. The number of nitrogens with one attached hydrogen (secondary N) is 2. The number of sulfonamides is 1. The smallest absolute Gasteiger partial charge is 0.261 e. The van der Waals surface area contributed by atoms with Gasteiger partial charge in [-0.05, 0) is 25.1 Å². The molecule has 0 atom stereocenters. The number of nitrogens with zero attached hydrogens (tertiary/aromatic N) is 1. The van der Waals surface area contributed by atoms with Crippen LogP contribution in [0.1, 0.15) is 20.3 Å². The molecular weight excluding hydrogens is 257 g/mol. The van der Waals surface area contributed by atoms with Crippen LogP contribution in [0.3, 0.4) is 0 Å². The van der Waals surface area contributed by atoms with Gasteiger partial charge in [-0.15, -0.1) is 0 Å². The molecule has 0 amide bonds. The van der Waals surface area contributed by atoms with Crippen LogP contribution in [0.4, 0.5) is 4.39 Å². The minimum atomic E-state index is -3.86. The van der Waals surface area contributed by atoms with Gasteiger partial charge in [0.25, 0.3) is 10.0 Å². The molecule has 1 aromatic heterocycles. The highest BCUT2D eigenvalue weighted by Crippen LogP contribution is 2.09. The summed E-state index contributed by atoms with van der Waals surface area (Å²) in [6, 6.07) is 2.78. The zero-order valence-corrected chi connectivity index (χ0v) is 11.3. The summed E-state index contributed by atoms with van der Waals surface area (Å²) in [6.45, 7) is 4.96. The van der Waals surface area contributed by atoms with E-state index in [0.717, 1.165) is 6.07 Å². The van der Waals surface area contributed by atoms with Gasteiger partial charge in [0, 0.05) is 18.8 Å². The van der Waals surface area contributed by atoms with Crippen molar-refractivity contribution in [3.05, 3.63) is 24.1 Å². The Morgan fingerprint density at radius 1 is 1.39 bits per heavy atom. The van der Waals surface area contributed by atoms with Gasteiger partial charge in [0.2, 0.25) is 5.03 Å². The highest BCUT2D eigenvalue weighted by Gasteiger charge is 2.19. The minimum Gasteiger partial charge on any atom is -0.314 e. The monoisotopic (exact) mass is 275 g/mol. The second-order valence-corrected chi connectivity index (χ2v) is 5.83. The first-order valence-corrected chi connectivity index (χ1v) is 7.25. The molecule has 0 saturated heterocycles. The van der Waals surface area contributed by atoms with E-state index in [2.05, 4.69) is 15.0 Å². The van der Waals surface area contributed by atoms with E-state index in [1.807, 2.05) is 13.8 Å². The van der Waals surface area contributed by atoms with Gasteiger partial charge in [0.05, 0.1) is 0 Å². The van der Waals surface area contributed by atoms with Crippen molar-refractivity contribution in [3.63, 3.8) is 0 Å². The Morgan fingerprint density at radius 2 is 2.11 bits per heavy atom. The zero-order valence-electron chi connectivity index (χ0n) is 10.5. The summed E-state index contributed by atoms with van der Waals surface area (Å²) in [5.41, 5.74) is 0. The van der Waals surface area contributed by atoms with Crippen molar-refractivity contribution in [1.29, 1.82) is 0 Å². The van der Waals surface area contributed by atoms with E-state index in [9.17, 15) is 12.8 Å². The number of halogens is 1. The van der Waals surface area contributed by atoms with Crippen molar-refractivity contribution in [1.82, 2.24) is 15.0 Å². The average molecular weight is 275 g/mol. The van der Waals surface area contributed by atoms with Crippen LogP contribution in [0.2, 0.25) is 0 Å². The molecule has 0 spiro atoms. The Morgan fingerprint density at radius 3 is 2.72 bits per heavy atom. The SMILES string of the molecule is CC(C)NCCCNS(=O)(=O)c1ncccc1F. The summed E-state index contributed by atoms with van der Waals surface area (Å²) in [7, 11) is -3.86. The molecule has 18 heavy (non-hydrogen) atoms. The Labute approximate surface area is 107 Å². The van der Waals surface area contributed by atoms with E-state index in [1.54, 1.807) is 0 Å². The van der Waals surface area contributed by atoms with Crippen LogP contribution in [-0.4, -0.2) is 32.5 Å². The van der Waals surface area contributed by atoms with Gasteiger partial charge >= 0.3 is 0 Å². The van der Waals surface area contributed by atoms with Crippen molar-refractivity contribution in [2.45, 2.75) is 31.3 Å². The fraction of sp³-hybridized carbons (Fsp3) is 0.545. The van der Waals surface area contributed by atoms with Crippen molar-refractivity contribution in [3.8, 4) is 0 Å². The number of hydrogen-bond donors (Lipinski definition) is 2. The van der Waals surface area contributed by atoms with Gasteiger partial charge in [-0.2, -0.15) is 0 Å². The van der Waals surface area contributed by atoms with Crippen LogP contribution in [0.15, 0.2) is 23.4 Å². The molecular formula is C11H18FN3O2S. The maximum absolute atomic E-state index is 13.3. The number of rotatable bonds is 7.